The van der Waals surface area contributed by atoms with E-state index < -0.39 is 0 Å². The summed E-state index contributed by atoms with van der Waals surface area (Å²) in [7, 11) is 0. The molecule has 5 nitrogen and oxygen atoms in total. The van der Waals surface area contributed by atoms with E-state index in [0.29, 0.717) is 12.1 Å². The van der Waals surface area contributed by atoms with E-state index in [-0.39, 0.29) is 17.5 Å². The maximum atomic E-state index is 11.9. The molecule has 1 fully saturated rings. The molecule has 0 unspecified atom stereocenters. The predicted molar refractivity (Wildman–Crippen MR) is 79.0 cm³/mol. The Balaban J connectivity index is 2.04. The molecule has 1 aliphatic rings. The van der Waals surface area contributed by atoms with Crippen LogP contribution in [0.4, 0.5) is 0 Å². The van der Waals surface area contributed by atoms with Crippen LogP contribution in [0.3, 0.4) is 0 Å². The van der Waals surface area contributed by atoms with Gasteiger partial charge in [0.1, 0.15) is 0 Å². The van der Waals surface area contributed by atoms with E-state index in [0.717, 1.165) is 19.6 Å². The number of nitrogens with one attached hydrogen (secondary N) is 1. The zero-order valence-electron chi connectivity index (χ0n) is 12.3. The van der Waals surface area contributed by atoms with Crippen molar-refractivity contribution in [3.8, 4) is 0 Å². The molecule has 0 spiro atoms. The Labute approximate surface area is 119 Å². The molecule has 1 saturated heterocycles. The molecule has 0 bridgehead atoms. The number of aromatic nitrogens is 1. The summed E-state index contributed by atoms with van der Waals surface area (Å²) in [6.45, 7) is 7.57. The summed E-state index contributed by atoms with van der Waals surface area (Å²) in [5.41, 5.74) is 0.491. The lowest BCUT2D eigenvalue weighted by Gasteiger charge is -2.16. The molecule has 0 aromatic carbocycles. The zero-order chi connectivity index (χ0) is 14.5. The first kappa shape index (κ1) is 14.8. The Morgan fingerprint density at radius 3 is 2.60 bits per heavy atom. The Kier molecular flexibility index (Phi) is 4.95. The molecule has 0 saturated carbocycles. The van der Waals surface area contributed by atoms with Crippen molar-refractivity contribution < 1.29 is 4.79 Å². The van der Waals surface area contributed by atoms with Crippen LogP contribution >= 0.6 is 0 Å². The van der Waals surface area contributed by atoms with Crippen LogP contribution in [0, 0.1) is 0 Å². The summed E-state index contributed by atoms with van der Waals surface area (Å²) >= 11 is 0. The lowest BCUT2D eigenvalue weighted by Crippen LogP contribution is -2.33. The number of rotatable bonds is 5. The fourth-order valence-corrected chi connectivity index (χ4v) is 2.44. The first-order valence-corrected chi connectivity index (χ1v) is 7.30. The fourth-order valence-electron chi connectivity index (χ4n) is 2.44. The second-order valence-corrected chi connectivity index (χ2v) is 5.63. The zero-order valence-corrected chi connectivity index (χ0v) is 12.3. The number of nitrogens with zero attached hydrogens (tertiary/aromatic N) is 2. The second-order valence-electron chi connectivity index (χ2n) is 5.63. The minimum atomic E-state index is -0.130. The fraction of sp³-hybridized carbons (Fsp3) is 0.600. The van der Waals surface area contributed by atoms with Gasteiger partial charge >= 0.3 is 0 Å². The molecular weight excluding hydrogens is 254 g/mol. The van der Waals surface area contributed by atoms with Crippen molar-refractivity contribution in [3.63, 3.8) is 0 Å². The van der Waals surface area contributed by atoms with E-state index in [9.17, 15) is 9.59 Å². The van der Waals surface area contributed by atoms with Crippen molar-refractivity contribution in [1.29, 1.82) is 0 Å². The predicted octanol–water partition coefficient (Wildman–Crippen LogP) is 1.08. The Morgan fingerprint density at radius 1 is 1.25 bits per heavy atom. The molecule has 0 radical (unpaired) electrons. The molecule has 1 N–H and O–H groups in total. The summed E-state index contributed by atoms with van der Waals surface area (Å²) in [5.74, 6) is -0.130. The smallest absolute Gasteiger partial charge is 0.252 e. The molecule has 20 heavy (non-hydrogen) atoms. The Hall–Kier alpha value is -1.62. The Morgan fingerprint density at radius 2 is 1.95 bits per heavy atom. The highest BCUT2D eigenvalue weighted by molar-refractivity contribution is 5.93. The van der Waals surface area contributed by atoms with Gasteiger partial charge in [0.15, 0.2) is 0 Å². The highest BCUT2D eigenvalue weighted by Gasteiger charge is 2.12. The first-order chi connectivity index (χ1) is 9.56. The van der Waals surface area contributed by atoms with E-state index in [4.69, 9.17) is 0 Å². The second kappa shape index (κ2) is 6.70. The number of carbonyl (C=O) groups is 1. The molecule has 1 aliphatic heterocycles. The number of hydrogen-bond acceptors (Lipinski definition) is 3. The molecule has 110 valence electrons. The third-order valence-electron chi connectivity index (χ3n) is 3.52. The van der Waals surface area contributed by atoms with Crippen molar-refractivity contribution >= 4 is 5.91 Å². The van der Waals surface area contributed by atoms with Gasteiger partial charge in [0.05, 0.1) is 5.56 Å². The molecule has 2 rings (SSSR count). The molecular formula is C15H23N3O2. The lowest BCUT2D eigenvalue weighted by atomic mass is 10.2. The van der Waals surface area contributed by atoms with Gasteiger partial charge in [0, 0.05) is 31.4 Å². The van der Waals surface area contributed by atoms with E-state index in [1.54, 1.807) is 16.8 Å². The summed E-state index contributed by atoms with van der Waals surface area (Å²) in [4.78, 5) is 26.1. The average Bonchev–Trinajstić information content (AvgIpc) is 2.90. The van der Waals surface area contributed by atoms with Gasteiger partial charge in [-0.25, -0.2) is 0 Å². The monoisotopic (exact) mass is 277 g/mol. The highest BCUT2D eigenvalue weighted by Crippen LogP contribution is 2.06. The number of hydrogen-bond donors (Lipinski definition) is 1. The van der Waals surface area contributed by atoms with Crippen LogP contribution in [0.2, 0.25) is 0 Å². The maximum absolute atomic E-state index is 11.9. The van der Waals surface area contributed by atoms with Gasteiger partial charge in [-0.3, -0.25) is 9.59 Å². The number of likely N-dealkylation sites (tertiary alicyclic amines) is 1. The molecule has 1 aromatic heterocycles. The third kappa shape index (κ3) is 3.93. The van der Waals surface area contributed by atoms with Gasteiger partial charge in [-0.2, -0.15) is 0 Å². The average molecular weight is 277 g/mol. The van der Waals surface area contributed by atoms with Crippen LogP contribution in [-0.2, 0) is 6.54 Å². The molecule has 5 heteroatoms. The minimum absolute atomic E-state index is 0.0507. The van der Waals surface area contributed by atoms with Crippen molar-refractivity contribution in [1.82, 2.24) is 14.8 Å². The molecule has 2 heterocycles. The standard InChI is InChI=1S/C15H23N3O2/c1-12(2)16-15(20)13-5-6-14(19)18(11-13)10-9-17-7-3-4-8-17/h5-6,11-12H,3-4,7-10H2,1-2H3,(H,16,20). The van der Waals surface area contributed by atoms with Crippen LogP contribution in [0.1, 0.15) is 37.0 Å². The SMILES string of the molecule is CC(C)NC(=O)c1ccc(=O)n(CCN2CCCC2)c1. The quantitative estimate of drug-likeness (QED) is 0.876. The van der Waals surface area contributed by atoms with E-state index in [1.165, 1.54) is 18.9 Å². The first-order valence-electron chi connectivity index (χ1n) is 7.30. The van der Waals surface area contributed by atoms with Gasteiger partial charge < -0.3 is 14.8 Å². The van der Waals surface area contributed by atoms with Crippen molar-refractivity contribution in [2.75, 3.05) is 19.6 Å². The minimum Gasteiger partial charge on any atom is -0.350 e. The van der Waals surface area contributed by atoms with Crippen LogP contribution in [0.15, 0.2) is 23.1 Å². The molecule has 0 aliphatic carbocycles. The van der Waals surface area contributed by atoms with Crippen molar-refractivity contribution in [3.05, 3.63) is 34.2 Å². The molecule has 1 aromatic rings. The maximum Gasteiger partial charge on any atom is 0.252 e. The largest absolute Gasteiger partial charge is 0.350 e. The number of amides is 1. The van der Waals surface area contributed by atoms with Crippen molar-refractivity contribution in [2.24, 2.45) is 0 Å². The normalized spacial score (nSPS) is 15.8. The van der Waals surface area contributed by atoms with Crippen molar-refractivity contribution in [2.45, 2.75) is 39.3 Å². The van der Waals surface area contributed by atoms with Crippen LogP contribution in [0.25, 0.3) is 0 Å². The van der Waals surface area contributed by atoms with Crippen LogP contribution < -0.4 is 10.9 Å². The van der Waals surface area contributed by atoms with Gasteiger partial charge in [-0.1, -0.05) is 0 Å². The van der Waals surface area contributed by atoms with Gasteiger partial charge in [0.25, 0.3) is 11.5 Å². The van der Waals surface area contributed by atoms with Gasteiger partial charge in [0.2, 0.25) is 0 Å². The van der Waals surface area contributed by atoms with E-state index >= 15 is 0 Å². The third-order valence-corrected chi connectivity index (χ3v) is 3.52. The number of carbonyl (C=O) groups excluding carboxylic acids is 1. The van der Waals surface area contributed by atoms with E-state index in [1.807, 2.05) is 13.8 Å². The van der Waals surface area contributed by atoms with Crippen LogP contribution in [0.5, 0.6) is 0 Å². The summed E-state index contributed by atoms with van der Waals surface area (Å²) in [6.07, 6.45) is 4.15. The summed E-state index contributed by atoms with van der Waals surface area (Å²) in [5, 5.41) is 2.84. The van der Waals surface area contributed by atoms with Gasteiger partial charge in [-0.05, 0) is 45.8 Å². The number of pyridine rings is 1. The molecule has 1 amide bonds. The van der Waals surface area contributed by atoms with Crippen LogP contribution in [-0.4, -0.2) is 41.1 Å². The highest BCUT2D eigenvalue weighted by atomic mass is 16.2. The summed E-state index contributed by atoms with van der Waals surface area (Å²) in [6, 6.07) is 3.15. The lowest BCUT2D eigenvalue weighted by molar-refractivity contribution is 0.0942. The van der Waals surface area contributed by atoms with Gasteiger partial charge in [-0.15, -0.1) is 0 Å². The topological polar surface area (TPSA) is 54.3 Å². The summed E-state index contributed by atoms with van der Waals surface area (Å²) < 4.78 is 1.63. The Bertz CT molecular complexity index is 516. The molecule has 0 atom stereocenters. The van der Waals surface area contributed by atoms with E-state index in [2.05, 4.69) is 10.2 Å².